The third-order valence-corrected chi connectivity index (χ3v) is 2.76. The number of likely N-dealkylation sites (tertiary alicyclic amines) is 1. The van der Waals surface area contributed by atoms with Gasteiger partial charge in [0.1, 0.15) is 0 Å². The second kappa shape index (κ2) is 5.37. The highest BCUT2D eigenvalue weighted by molar-refractivity contribution is 6.17. The predicted molar refractivity (Wildman–Crippen MR) is 57.8 cm³/mol. The fourth-order valence-corrected chi connectivity index (χ4v) is 1.81. The largest absolute Gasteiger partial charge is 0.433 e. The molecule has 0 unspecified atom stereocenters. The van der Waals surface area contributed by atoms with Crippen LogP contribution in [0.4, 0.5) is 4.79 Å². The number of carbonyl (C=O) groups is 1. The van der Waals surface area contributed by atoms with E-state index in [0.29, 0.717) is 32.4 Å². The van der Waals surface area contributed by atoms with Crippen molar-refractivity contribution in [2.75, 3.05) is 19.2 Å². The first kappa shape index (κ1) is 12.3. The van der Waals surface area contributed by atoms with Gasteiger partial charge in [-0.25, -0.2) is 4.79 Å². The Bertz CT molecular complexity index is 237. The molecule has 0 aromatic heterocycles. The van der Waals surface area contributed by atoms with Crippen LogP contribution in [-0.4, -0.2) is 40.9 Å². The number of nitrogens with zero attached hydrogens (tertiary/aromatic N) is 1. The van der Waals surface area contributed by atoms with E-state index in [1.54, 1.807) is 11.0 Å². The third kappa shape index (κ3) is 3.39. The Morgan fingerprint density at radius 3 is 2.67 bits per heavy atom. The van der Waals surface area contributed by atoms with Gasteiger partial charge in [0.25, 0.3) is 0 Å². The summed E-state index contributed by atoms with van der Waals surface area (Å²) in [7, 11) is 0. The molecule has 0 radical (unpaired) electrons. The summed E-state index contributed by atoms with van der Waals surface area (Å²) < 4.78 is 4.66. The van der Waals surface area contributed by atoms with E-state index in [2.05, 4.69) is 11.3 Å². The second-order valence-corrected chi connectivity index (χ2v) is 3.94. The zero-order valence-electron chi connectivity index (χ0n) is 8.62. The van der Waals surface area contributed by atoms with Gasteiger partial charge in [-0.15, -0.1) is 6.58 Å². The lowest BCUT2D eigenvalue weighted by molar-refractivity contribution is -0.0164. The summed E-state index contributed by atoms with van der Waals surface area (Å²) in [5.74, 6) is 0. The number of hydrogen-bond donors (Lipinski definition) is 1. The molecule has 0 spiro atoms. The number of hydrogen-bond acceptors (Lipinski definition) is 3. The van der Waals surface area contributed by atoms with Gasteiger partial charge in [-0.1, -0.05) is 17.7 Å². The van der Waals surface area contributed by atoms with Crippen molar-refractivity contribution in [2.24, 2.45) is 0 Å². The van der Waals surface area contributed by atoms with Crippen LogP contribution in [0.5, 0.6) is 0 Å². The zero-order valence-corrected chi connectivity index (χ0v) is 9.37. The van der Waals surface area contributed by atoms with E-state index < -0.39 is 11.7 Å². The fourth-order valence-electron chi connectivity index (χ4n) is 1.72. The topological polar surface area (TPSA) is 49.8 Å². The molecule has 0 atom stereocenters. The van der Waals surface area contributed by atoms with Crippen LogP contribution < -0.4 is 0 Å². The molecule has 1 fully saturated rings. The molecule has 1 rings (SSSR count). The maximum Gasteiger partial charge on any atom is 0.410 e. The van der Waals surface area contributed by atoms with Gasteiger partial charge in [-0.05, 0) is 19.3 Å². The van der Waals surface area contributed by atoms with Crippen LogP contribution in [0.15, 0.2) is 12.7 Å². The van der Waals surface area contributed by atoms with E-state index in [9.17, 15) is 9.90 Å². The Labute approximate surface area is 94.5 Å². The van der Waals surface area contributed by atoms with Gasteiger partial charge >= 0.3 is 6.09 Å². The van der Waals surface area contributed by atoms with E-state index in [1.165, 1.54) is 0 Å². The van der Waals surface area contributed by atoms with Crippen molar-refractivity contribution in [3.8, 4) is 0 Å². The Morgan fingerprint density at radius 1 is 1.60 bits per heavy atom. The molecule has 86 valence electrons. The molecule has 4 nitrogen and oxygen atoms in total. The molecular formula is C10H16ClNO3. The summed E-state index contributed by atoms with van der Waals surface area (Å²) >= 11 is 5.29. The average molecular weight is 234 g/mol. The molecule has 15 heavy (non-hydrogen) atoms. The van der Waals surface area contributed by atoms with E-state index >= 15 is 0 Å². The van der Waals surface area contributed by atoms with Gasteiger partial charge in [0.05, 0.1) is 5.60 Å². The van der Waals surface area contributed by atoms with Gasteiger partial charge in [-0.2, -0.15) is 0 Å². The monoisotopic (exact) mass is 233 g/mol. The van der Waals surface area contributed by atoms with Crippen LogP contribution in [0, 0.1) is 0 Å². The van der Waals surface area contributed by atoms with Crippen molar-refractivity contribution in [3.63, 3.8) is 0 Å². The third-order valence-electron chi connectivity index (χ3n) is 2.65. The number of amides is 1. The Hall–Kier alpha value is -0.740. The lowest BCUT2D eigenvalue weighted by Gasteiger charge is -2.36. The minimum absolute atomic E-state index is 0.133. The summed E-state index contributed by atoms with van der Waals surface area (Å²) in [4.78, 5) is 12.8. The van der Waals surface area contributed by atoms with Gasteiger partial charge in [-0.3, -0.25) is 0 Å². The summed E-state index contributed by atoms with van der Waals surface area (Å²) in [6, 6.07) is -0.133. The van der Waals surface area contributed by atoms with Crippen molar-refractivity contribution in [3.05, 3.63) is 12.7 Å². The minimum atomic E-state index is -0.709. The molecular weight excluding hydrogens is 218 g/mol. The minimum Gasteiger partial charge on any atom is -0.433 e. The SMILES string of the molecule is C=CCC1(O)CCN(C(=O)OCCl)CC1. The number of halogens is 1. The first-order chi connectivity index (χ1) is 7.11. The summed E-state index contributed by atoms with van der Waals surface area (Å²) in [5.41, 5.74) is -0.709. The maximum absolute atomic E-state index is 11.3. The first-order valence-electron chi connectivity index (χ1n) is 4.92. The van der Waals surface area contributed by atoms with Gasteiger partial charge in [0.2, 0.25) is 0 Å². The van der Waals surface area contributed by atoms with E-state index in [-0.39, 0.29) is 6.07 Å². The molecule has 1 saturated heterocycles. The van der Waals surface area contributed by atoms with Crippen molar-refractivity contribution >= 4 is 17.7 Å². The van der Waals surface area contributed by atoms with Crippen molar-refractivity contribution in [1.29, 1.82) is 0 Å². The molecule has 1 amide bonds. The molecule has 0 bridgehead atoms. The highest BCUT2D eigenvalue weighted by Crippen LogP contribution is 2.26. The highest BCUT2D eigenvalue weighted by atomic mass is 35.5. The van der Waals surface area contributed by atoms with Crippen LogP contribution in [-0.2, 0) is 4.74 Å². The molecule has 1 aliphatic rings. The number of ether oxygens (including phenoxy) is 1. The normalized spacial score (nSPS) is 19.7. The van der Waals surface area contributed by atoms with Crippen LogP contribution >= 0.6 is 11.6 Å². The lowest BCUT2D eigenvalue weighted by atomic mass is 9.88. The standard InChI is InChI=1S/C10H16ClNO3/c1-2-3-10(14)4-6-12(7-5-10)9(13)15-8-11/h2,14H,1,3-8H2. The number of piperidine rings is 1. The number of aliphatic hydroxyl groups is 1. The average Bonchev–Trinajstić information content (AvgIpc) is 2.19. The van der Waals surface area contributed by atoms with Crippen LogP contribution in [0.2, 0.25) is 0 Å². The number of carbonyl (C=O) groups excluding carboxylic acids is 1. The number of rotatable bonds is 3. The van der Waals surface area contributed by atoms with Gasteiger partial charge in [0, 0.05) is 13.1 Å². The fraction of sp³-hybridized carbons (Fsp3) is 0.700. The van der Waals surface area contributed by atoms with Crippen LogP contribution in [0.3, 0.4) is 0 Å². The number of alkyl halides is 1. The molecule has 0 aromatic carbocycles. The molecule has 0 aliphatic carbocycles. The summed E-state index contributed by atoms with van der Waals surface area (Å²) in [5, 5.41) is 10.0. The molecule has 0 saturated carbocycles. The van der Waals surface area contributed by atoms with E-state index in [0.717, 1.165) is 0 Å². The quantitative estimate of drug-likeness (QED) is 0.597. The van der Waals surface area contributed by atoms with Crippen molar-refractivity contribution in [1.82, 2.24) is 4.90 Å². The molecule has 0 aromatic rings. The predicted octanol–water partition coefficient (Wildman–Crippen LogP) is 1.72. The lowest BCUT2D eigenvalue weighted by Crippen LogP contribution is -2.46. The maximum atomic E-state index is 11.3. The van der Waals surface area contributed by atoms with E-state index in [1.807, 2.05) is 0 Å². The summed E-state index contributed by atoms with van der Waals surface area (Å²) in [6.07, 6.45) is 2.95. The Kier molecular flexibility index (Phi) is 4.42. The highest BCUT2D eigenvalue weighted by Gasteiger charge is 2.33. The van der Waals surface area contributed by atoms with Gasteiger partial charge < -0.3 is 14.7 Å². The first-order valence-corrected chi connectivity index (χ1v) is 5.46. The molecule has 1 aliphatic heterocycles. The van der Waals surface area contributed by atoms with Crippen LogP contribution in [0.1, 0.15) is 19.3 Å². The van der Waals surface area contributed by atoms with Crippen molar-refractivity contribution in [2.45, 2.75) is 24.9 Å². The Morgan fingerprint density at radius 2 is 2.20 bits per heavy atom. The van der Waals surface area contributed by atoms with Gasteiger partial charge in [0.15, 0.2) is 6.07 Å². The smallest absolute Gasteiger partial charge is 0.410 e. The van der Waals surface area contributed by atoms with E-state index in [4.69, 9.17) is 11.6 Å². The molecule has 1 N–H and O–H groups in total. The second-order valence-electron chi connectivity index (χ2n) is 3.72. The van der Waals surface area contributed by atoms with Crippen molar-refractivity contribution < 1.29 is 14.6 Å². The summed E-state index contributed by atoms with van der Waals surface area (Å²) in [6.45, 7) is 4.60. The molecule has 5 heteroatoms. The molecule has 1 heterocycles. The van der Waals surface area contributed by atoms with Crippen LogP contribution in [0.25, 0.3) is 0 Å². The zero-order chi connectivity index (χ0) is 11.3. The Balaban J connectivity index is 2.41.